The van der Waals surface area contributed by atoms with Gasteiger partial charge in [0.2, 0.25) is 10.0 Å². The minimum atomic E-state index is -3.66. The summed E-state index contributed by atoms with van der Waals surface area (Å²) in [5.74, 6) is -0.514. The van der Waals surface area contributed by atoms with E-state index in [1.54, 1.807) is 0 Å². The van der Waals surface area contributed by atoms with Crippen LogP contribution in [0.25, 0.3) is 0 Å². The van der Waals surface area contributed by atoms with Crippen LogP contribution >= 0.6 is 15.9 Å². The monoisotopic (exact) mass is 320 g/mol. The van der Waals surface area contributed by atoms with E-state index in [-0.39, 0.29) is 22.3 Å². The normalized spacial score (nSPS) is 11.1. The van der Waals surface area contributed by atoms with Gasteiger partial charge in [-0.05, 0) is 40.5 Å². The molecule has 0 heterocycles. The van der Waals surface area contributed by atoms with E-state index in [9.17, 15) is 12.8 Å². The van der Waals surface area contributed by atoms with E-state index in [0.717, 1.165) is 12.1 Å². The topological polar surface area (TPSA) is 70.0 Å². The molecular weight excluding hydrogens is 311 g/mol. The third kappa shape index (κ3) is 4.07. The van der Waals surface area contributed by atoms with Gasteiger partial charge in [0.1, 0.15) is 5.82 Å². The first-order valence-electron chi connectivity index (χ1n) is 4.79. The van der Waals surface area contributed by atoms with Crippen molar-refractivity contribution >= 4 is 26.0 Å². The molecule has 0 aliphatic carbocycles. The van der Waals surface area contributed by atoms with Gasteiger partial charge in [-0.2, -0.15) is 5.26 Å². The number of benzene rings is 1. The van der Waals surface area contributed by atoms with Crippen molar-refractivity contribution in [1.29, 1.82) is 5.26 Å². The van der Waals surface area contributed by atoms with Crippen LogP contribution in [-0.4, -0.2) is 15.0 Å². The van der Waals surface area contributed by atoms with Crippen molar-refractivity contribution in [2.45, 2.75) is 17.7 Å². The second-order valence-corrected chi connectivity index (χ2v) is 5.82. The molecular formula is C10H10BrFN2O2S. The van der Waals surface area contributed by atoms with Gasteiger partial charge in [0, 0.05) is 17.4 Å². The first-order valence-corrected chi connectivity index (χ1v) is 7.06. The Labute approximate surface area is 108 Å². The molecule has 0 saturated heterocycles. The number of halogens is 2. The van der Waals surface area contributed by atoms with Crippen molar-refractivity contribution < 1.29 is 12.8 Å². The van der Waals surface area contributed by atoms with Crippen molar-refractivity contribution in [3.05, 3.63) is 28.5 Å². The lowest BCUT2D eigenvalue weighted by molar-refractivity contribution is 0.578. The van der Waals surface area contributed by atoms with Gasteiger partial charge in [-0.1, -0.05) is 0 Å². The summed E-state index contributed by atoms with van der Waals surface area (Å²) in [4.78, 5) is -0.0177. The lowest BCUT2D eigenvalue weighted by atomic mass is 10.3. The molecule has 0 aliphatic heterocycles. The third-order valence-corrected chi connectivity index (χ3v) is 4.38. The number of hydrogen-bond acceptors (Lipinski definition) is 3. The lowest BCUT2D eigenvalue weighted by Crippen LogP contribution is -2.25. The summed E-state index contributed by atoms with van der Waals surface area (Å²) in [6.07, 6.45) is 0.724. The predicted molar refractivity (Wildman–Crippen MR) is 64.1 cm³/mol. The van der Waals surface area contributed by atoms with Crippen molar-refractivity contribution in [3.8, 4) is 6.07 Å². The van der Waals surface area contributed by atoms with Gasteiger partial charge in [0.15, 0.2) is 0 Å². The lowest BCUT2D eigenvalue weighted by Gasteiger charge is -2.07. The molecule has 1 N–H and O–H groups in total. The molecule has 0 unspecified atom stereocenters. The van der Waals surface area contributed by atoms with E-state index >= 15 is 0 Å². The molecule has 0 saturated carbocycles. The molecule has 7 heteroatoms. The number of rotatable bonds is 5. The summed E-state index contributed by atoms with van der Waals surface area (Å²) in [6.45, 7) is 0.180. The molecule has 1 aromatic carbocycles. The predicted octanol–water partition coefficient (Wildman–Crippen LogP) is 2.17. The Bertz CT molecular complexity index is 540. The van der Waals surface area contributed by atoms with E-state index in [1.807, 2.05) is 6.07 Å². The van der Waals surface area contributed by atoms with Crippen LogP contribution in [0.5, 0.6) is 0 Å². The van der Waals surface area contributed by atoms with Crippen molar-refractivity contribution in [2.24, 2.45) is 0 Å². The molecule has 0 amide bonds. The van der Waals surface area contributed by atoms with Crippen LogP contribution in [-0.2, 0) is 10.0 Å². The fourth-order valence-electron chi connectivity index (χ4n) is 1.14. The zero-order valence-corrected chi connectivity index (χ0v) is 11.2. The number of nitriles is 1. The van der Waals surface area contributed by atoms with E-state index in [0.29, 0.717) is 6.42 Å². The van der Waals surface area contributed by atoms with Crippen molar-refractivity contribution in [3.63, 3.8) is 0 Å². The molecule has 0 bridgehead atoms. The van der Waals surface area contributed by atoms with E-state index in [1.165, 1.54) is 6.07 Å². The second-order valence-electron chi connectivity index (χ2n) is 3.23. The zero-order valence-electron chi connectivity index (χ0n) is 8.78. The first-order chi connectivity index (χ1) is 7.97. The van der Waals surface area contributed by atoms with Crippen LogP contribution in [0.15, 0.2) is 27.6 Å². The quantitative estimate of drug-likeness (QED) is 0.845. The highest BCUT2D eigenvalue weighted by Crippen LogP contribution is 2.22. The van der Waals surface area contributed by atoms with Crippen LogP contribution in [0.1, 0.15) is 12.8 Å². The molecule has 0 radical (unpaired) electrons. The fourth-order valence-corrected chi connectivity index (χ4v) is 3.27. The van der Waals surface area contributed by atoms with Gasteiger partial charge >= 0.3 is 0 Å². The largest absolute Gasteiger partial charge is 0.241 e. The summed E-state index contributed by atoms with van der Waals surface area (Å²) >= 11 is 2.99. The van der Waals surface area contributed by atoms with E-state index < -0.39 is 15.8 Å². The third-order valence-electron chi connectivity index (χ3n) is 1.94. The minimum absolute atomic E-state index is 0.0177. The molecule has 92 valence electrons. The number of unbranched alkanes of at least 4 members (excludes halogenated alkanes) is 1. The summed E-state index contributed by atoms with van der Waals surface area (Å²) in [5, 5.41) is 8.31. The Morgan fingerprint density at radius 2 is 2.18 bits per heavy atom. The van der Waals surface area contributed by atoms with Gasteiger partial charge in [-0.3, -0.25) is 0 Å². The maximum Gasteiger partial charge on any atom is 0.241 e. The first kappa shape index (κ1) is 14.1. The number of nitrogens with one attached hydrogen (secondary N) is 1. The average molecular weight is 321 g/mol. The maximum absolute atomic E-state index is 12.8. The Kier molecular flexibility index (Phi) is 5.05. The van der Waals surface area contributed by atoms with E-state index in [4.69, 9.17) is 5.26 Å². The SMILES string of the molecule is N#CCCCNS(=O)(=O)c1ccc(F)cc1Br. The average Bonchev–Trinajstić information content (AvgIpc) is 2.24. The summed E-state index contributed by atoms with van der Waals surface area (Å²) in [7, 11) is -3.66. The van der Waals surface area contributed by atoms with Crippen LogP contribution in [0.3, 0.4) is 0 Å². The Hall–Kier alpha value is -0.970. The fraction of sp³-hybridized carbons (Fsp3) is 0.300. The standard InChI is InChI=1S/C10H10BrFN2O2S/c11-9-7-8(12)3-4-10(9)17(15,16)14-6-2-1-5-13/h3-4,7,14H,1-2,6H2. The highest BCUT2D eigenvalue weighted by molar-refractivity contribution is 9.10. The van der Waals surface area contributed by atoms with Gasteiger partial charge in [0.25, 0.3) is 0 Å². The molecule has 0 fully saturated rings. The van der Waals surface area contributed by atoms with Crippen LogP contribution in [0.4, 0.5) is 4.39 Å². The molecule has 0 atom stereocenters. The minimum Gasteiger partial charge on any atom is -0.211 e. The molecule has 0 aliphatic rings. The molecule has 1 rings (SSSR count). The highest BCUT2D eigenvalue weighted by atomic mass is 79.9. The molecule has 17 heavy (non-hydrogen) atoms. The summed E-state index contributed by atoms with van der Waals surface area (Å²) < 4.78 is 38.9. The molecule has 0 aromatic heterocycles. The number of sulfonamides is 1. The molecule has 0 spiro atoms. The maximum atomic E-state index is 12.8. The number of hydrogen-bond donors (Lipinski definition) is 1. The van der Waals surface area contributed by atoms with E-state index in [2.05, 4.69) is 20.7 Å². The Morgan fingerprint density at radius 3 is 2.76 bits per heavy atom. The summed E-state index contributed by atoms with van der Waals surface area (Å²) in [5.41, 5.74) is 0. The zero-order chi connectivity index (χ0) is 12.9. The van der Waals surface area contributed by atoms with Gasteiger partial charge < -0.3 is 0 Å². The summed E-state index contributed by atoms with van der Waals surface area (Å²) in [6, 6.07) is 5.27. The Balaban J connectivity index is 2.80. The van der Waals surface area contributed by atoms with Gasteiger partial charge in [-0.15, -0.1) is 0 Å². The Morgan fingerprint density at radius 1 is 1.47 bits per heavy atom. The molecule has 1 aromatic rings. The van der Waals surface area contributed by atoms with Crippen LogP contribution in [0.2, 0.25) is 0 Å². The molecule has 4 nitrogen and oxygen atoms in total. The second kappa shape index (κ2) is 6.10. The van der Waals surface area contributed by atoms with Crippen LogP contribution in [0, 0.1) is 17.1 Å². The van der Waals surface area contributed by atoms with Gasteiger partial charge in [-0.25, -0.2) is 17.5 Å². The highest BCUT2D eigenvalue weighted by Gasteiger charge is 2.17. The van der Waals surface area contributed by atoms with Crippen molar-refractivity contribution in [1.82, 2.24) is 4.72 Å². The smallest absolute Gasteiger partial charge is 0.211 e. The van der Waals surface area contributed by atoms with Gasteiger partial charge in [0.05, 0.1) is 11.0 Å². The number of nitrogens with zero attached hydrogens (tertiary/aromatic N) is 1. The van der Waals surface area contributed by atoms with Crippen LogP contribution < -0.4 is 4.72 Å². The van der Waals surface area contributed by atoms with Crippen molar-refractivity contribution in [2.75, 3.05) is 6.54 Å².